The summed E-state index contributed by atoms with van der Waals surface area (Å²) in [5, 5.41) is 13.5. The van der Waals surface area contributed by atoms with Crippen LogP contribution in [-0.2, 0) is 10.0 Å². The zero-order chi connectivity index (χ0) is 18.0. The monoisotopic (exact) mass is 380 g/mol. The summed E-state index contributed by atoms with van der Waals surface area (Å²) < 4.78 is 26.9. The lowest BCUT2D eigenvalue weighted by Crippen LogP contribution is -2.37. The third kappa shape index (κ3) is 4.02. The lowest BCUT2D eigenvalue weighted by atomic mass is 10.0. The molecule has 2 N–H and O–H groups in total. The number of piperidine rings is 1. The van der Waals surface area contributed by atoms with Crippen molar-refractivity contribution < 1.29 is 18.3 Å². The number of nitrogens with zero attached hydrogens (tertiary/aromatic N) is 1. The molecule has 1 aliphatic rings. The number of rotatable bonds is 4. The summed E-state index contributed by atoms with van der Waals surface area (Å²) in [7, 11) is -3.55. The Hall–Kier alpha value is -1.90. The summed E-state index contributed by atoms with van der Waals surface area (Å²) in [5.41, 5.74) is 0.533. The molecule has 0 bridgehead atoms. The molecule has 134 valence electrons. The highest BCUT2D eigenvalue weighted by Gasteiger charge is 2.29. The minimum atomic E-state index is -3.55. The topological polar surface area (TPSA) is 86.7 Å². The molecule has 0 radical (unpaired) electrons. The molecule has 25 heavy (non-hydrogen) atoms. The highest BCUT2D eigenvalue weighted by atomic mass is 32.2. The largest absolute Gasteiger partial charge is 0.508 e. The van der Waals surface area contributed by atoms with Gasteiger partial charge in [-0.05, 0) is 49.1 Å². The van der Waals surface area contributed by atoms with E-state index in [0.29, 0.717) is 29.6 Å². The second-order valence-electron chi connectivity index (χ2n) is 6.23. The standard InChI is InChI=1S/C17H20N2O4S2/c1-12-6-8-19(9-7-12)25(22,23)15-10-16(24-11-15)17(21)18-13-2-4-14(20)5-3-13/h2-5,10-12,20H,6-9H2,1H3,(H,18,21). The number of nitrogens with one attached hydrogen (secondary N) is 1. The lowest BCUT2D eigenvalue weighted by Gasteiger charge is -2.29. The Morgan fingerprint density at radius 1 is 1.24 bits per heavy atom. The van der Waals surface area contributed by atoms with E-state index in [2.05, 4.69) is 12.2 Å². The number of hydrogen-bond acceptors (Lipinski definition) is 5. The Kier molecular flexibility index (Phi) is 5.12. The number of carbonyl (C=O) groups is 1. The summed E-state index contributed by atoms with van der Waals surface area (Å²) in [5.74, 6) is 0.281. The normalized spacial score (nSPS) is 16.7. The number of benzene rings is 1. The van der Waals surface area contributed by atoms with Gasteiger partial charge in [-0.25, -0.2) is 8.42 Å². The van der Waals surface area contributed by atoms with Crippen LogP contribution in [0, 0.1) is 5.92 Å². The van der Waals surface area contributed by atoms with Crippen LogP contribution in [-0.4, -0.2) is 36.8 Å². The molecular formula is C17H20N2O4S2. The van der Waals surface area contributed by atoms with Crippen molar-refractivity contribution in [3.8, 4) is 5.75 Å². The average Bonchev–Trinajstić information content (AvgIpc) is 3.08. The van der Waals surface area contributed by atoms with E-state index in [0.717, 1.165) is 24.2 Å². The van der Waals surface area contributed by atoms with Crippen LogP contribution in [0.5, 0.6) is 5.75 Å². The molecule has 1 aromatic carbocycles. The van der Waals surface area contributed by atoms with Gasteiger partial charge in [0.25, 0.3) is 5.91 Å². The zero-order valence-corrected chi connectivity index (χ0v) is 15.4. The molecule has 1 aliphatic heterocycles. The van der Waals surface area contributed by atoms with E-state index in [1.807, 2.05) is 0 Å². The minimum absolute atomic E-state index is 0.110. The van der Waals surface area contributed by atoms with Crippen molar-refractivity contribution in [1.29, 1.82) is 0 Å². The summed E-state index contributed by atoms with van der Waals surface area (Å²) in [4.78, 5) is 12.8. The first-order chi connectivity index (χ1) is 11.9. The fourth-order valence-corrected chi connectivity index (χ4v) is 5.31. The van der Waals surface area contributed by atoms with Crippen molar-refractivity contribution in [2.45, 2.75) is 24.7 Å². The highest BCUT2D eigenvalue weighted by molar-refractivity contribution is 7.89. The molecule has 0 aliphatic carbocycles. The van der Waals surface area contributed by atoms with E-state index in [4.69, 9.17) is 0 Å². The average molecular weight is 380 g/mol. The van der Waals surface area contributed by atoms with E-state index in [9.17, 15) is 18.3 Å². The van der Waals surface area contributed by atoms with Gasteiger partial charge in [0.15, 0.2) is 0 Å². The zero-order valence-electron chi connectivity index (χ0n) is 13.8. The number of phenolic OH excluding ortho intramolecular Hbond substituents is 1. The fraction of sp³-hybridized carbons (Fsp3) is 0.353. The van der Waals surface area contributed by atoms with E-state index in [1.165, 1.54) is 27.9 Å². The summed E-state index contributed by atoms with van der Waals surface area (Å²) in [6.07, 6.45) is 1.72. The van der Waals surface area contributed by atoms with Crippen LogP contribution in [0.1, 0.15) is 29.4 Å². The molecule has 2 aromatic rings. The number of sulfonamides is 1. The van der Waals surface area contributed by atoms with Crippen LogP contribution < -0.4 is 5.32 Å². The van der Waals surface area contributed by atoms with Crippen molar-refractivity contribution in [2.24, 2.45) is 5.92 Å². The van der Waals surface area contributed by atoms with Crippen LogP contribution in [0.4, 0.5) is 5.69 Å². The molecule has 8 heteroatoms. The van der Waals surface area contributed by atoms with Gasteiger partial charge in [0.05, 0.1) is 9.77 Å². The molecule has 2 heterocycles. The van der Waals surface area contributed by atoms with Gasteiger partial charge >= 0.3 is 0 Å². The van der Waals surface area contributed by atoms with Crippen molar-refractivity contribution in [1.82, 2.24) is 4.31 Å². The van der Waals surface area contributed by atoms with Crippen LogP contribution in [0.15, 0.2) is 40.6 Å². The predicted molar refractivity (Wildman–Crippen MR) is 97.5 cm³/mol. The maximum Gasteiger partial charge on any atom is 0.265 e. The van der Waals surface area contributed by atoms with E-state index < -0.39 is 10.0 Å². The van der Waals surface area contributed by atoms with Crippen LogP contribution >= 0.6 is 11.3 Å². The van der Waals surface area contributed by atoms with Crippen molar-refractivity contribution in [3.05, 3.63) is 40.6 Å². The first-order valence-corrected chi connectivity index (χ1v) is 10.4. The van der Waals surface area contributed by atoms with Crippen LogP contribution in [0.3, 0.4) is 0 Å². The Bertz CT molecular complexity index is 851. The van der Waals surface area contributed by atoms with Gasteiger partial charge in [-0.3, -0.25) is 4.79 Å². The molecule has 3 rings (SSSR count). The molecule has 1 fully saturated rings. The Morgan fingerprint density at radius 3 is 2.52 bits per heavy atom. The fourth-order valence-electron chi connectivity index (χ4n) is 2.68. The van der Waals surface area contributed by atoms with Crippen molar-refractivity contribution in [3.63, 3.8) is 0 Å². The molecule has 1 aromatic heterocycles. The van der Waals surface area contributed by atoms with E-state index >= 15 is 0 Å². The first-order valence-electron chi connectivity index (χ1n) is 8.05. The summed E-state index contributed by atoms with van der Waals surface area (Å²) in [6, 6.07) is 7.52. The molecule has 6 nitrogen and oxygen atoms in total. The van der Waals surface area contributed by atoms with Gasteiger partial charge in [-0.15, -0.1) is 11.3 Å². The first kappa shape index (κ1) is 17.9. The Morgan fingerprint density at radius 2 is 1.88 bits per heavy atom. The smallest absolute Gasteiger partial charge is 0.265 e. The van der Waals surface area contributed by atoms with Gasteiger partial charge < -0.3 is 10.4 Å². The highest BCUT2D eigenvalue weighted by Crippen LogP contribution is 2.27. The lowest BCUT2D eigenvalue weighted by molar-refractivity contribution is 0.103. The molecule has 0 unspecified atom stereocenters. The van der Waals surface area contributed by atoms with Gasteiger partial charge in [0.1, 0.15) is 5.75 Å². The number of hydrogen-bond donors (Lipinski definition) is 2. The molecule has 0 saturated carbocycles. The molecular weight excluding hydrogens is 360 g/mol. The minimum Gasteiger partial charge on any atom is -0.508 e. The third-order valence-corrected chi connectivity index (χ3v) is 7.26. The Labute approximate surface area is 151 Å². The number of thiophene rings is 1. The summed E-state index contributed by atoms with van der Waals surface area (Å²) in [6.45, 7) is 3.17. The van der Waals surface area contributed by atoms with Crippen LogP contribution in [0.25, 0.3) is 0 Å². The predicted octanol–water partition coefficient (Wildman–Crippen LogP) is 3.13. The summed E-state index contributed by atoms with van der Waals surface area (Å²) >= 11 is 1.10. The molecule has 1 saturated heterocycles. The van der Waals surface area contributed by atoms with Crippen molar-refractivity contribution in [2.75, 3.05) is 18.4 Å². The van der Waals surface area contributed by atoms with Crippen LogP contribution in [0.2, 0.25) is 0 Å². The SMILES string of the molecule is CC1CCN(S(=O)(=O)c2csc(C(=O)Nc3ccc(O)cc3)c2)CC1. The van der Waals surface area contributed by atoms with Crippen molar-refractivity contribution >= 4 is 33.0 Å². The van der Waals surface area contributed by atoms with Gasteiger partial charge in [0.2, 0.25) is 10.0 Å². The molecule has 0 atom stereocenters. The second kappa shape index (κ2) is 7.15. The van der Waals surface area contributed by atoms with E-state index in [-0.39, 0.29) is 16.6 Å². The maximum atomic E-state index is 12.7. The number of phenols is 1. The third-order valence-electron chi connectivity index (χ3n) is 4.30. The van der Waals surface area contributed by atoms with Gasteiger partial charge in [-0.1, -0.05) is 6.92 Å². The number of aromatic hydroxyl groups is 1. The molecule has 0 spiro atoms. The quantitative estimate of drug-likeness (QED) is 0.798. The number of carbonyl (C=O) groups excluding carboxylic acids is 1. The number of anilines is 1. The second-order valence-corrected chi connectivity index (χ2v) is 9.08. The van der Waals surface area contributed by atoms with E-state index in [1.54, 1.807) is 12.1 Å². The number of amides is 1. The molecule has 1 amide bonds. The maximum absolute atomic E-state index is 12.7. The van der Waals surface area contributed by atoms with Gasteiger partial charge in [-0.2, -0.15) is 4.31 Å². The van der Waals surface area contributed by atoms with Gasteiger partial charge in [0, 0.05) is 24.2 Å². The Balaban J connectivity index is 1.73.